The normalized spacial score (nSPS) is 12.0. The summed E-state index contributed by atoms with van der Waals surface area (Å²) in [6, 6.07) is 6.93. The number of carbonyl (C=O) groups excluding carboxylic acids is 1. The average molecular weight is 325 g/mol. The molecule has 0 aliphatic rings. The Balaban J connectivity index is 1.99. The zero-order valence-electron chi connectivity index (χ0n) is 11.9. The number of aryl methyl sites for hydroxylation is 1. The van der Waals surface area contributed by atoms with Crippen molar-refractivity contribution in [3.8, 4) is 0 Å². The van der Waals surface area contributed by atoms with Crippen LogP contribution in [0.4, 0.5) is 10.8 Å². The highest BCUT2D eigenvalue weighted by Gasteiger charge is 2.18. The van der Waals surface area contributed by atoms with Gasteiger partial charge in [0.15, 0.2) is 0 Å². The number of aromatic nitrogens is 2. The molecule has 1 aromatic heterocycles. The topological polar surface area (TPSA) is 66.9 Å². The Kier molecular flexibility index (Phi) is 5.52. The number of carbonyl (C=O) groups is 1. The molecule has 1 atom stereocenters. The molecule has 0 saturated heterocycles. The molecule has 1 aromatic carbocycles. The van der Waals surface area contributed by atoms with Crippen LogP contribution < -0.4 is 10.6 Å². The molecule has 5 nitrogen and oxygen atoms in total. The Morgan fingerprint density at radius 1 is 1.29 bits per heavy atom. The SMILES string of the molecule is CCc1nnc(NC(=O)[C@@H](CC)Nc2ccc(Cl)cc2)s1. The van der Waals surface area contributed by atoms with Crippen molar-refractivity contribution in [2.24, 2.45) is 0 Å². The van der Waals surface area contributed by atoms with Gasteiger partial charge in [-0.05, 0) is 37.1 Å². The van der Waals surface area contributed by atoms with Crippen LogP contribution in [0.3, 0.4) is 0 Å². The summed E-state index contributed by atoms with van der Waals surface area (Å²) in [4.78, 5) is 12.3. The number of hydrogen-bond donors (Lipinski definition) is 2. The summed E-state index contributed by atoms with van der Waals surface area (Å²) in [5, 5.41) is 16.0. The summed E-state index contributed by atoms with van der Waals surface area (Å²) >= 11 is 7.25. The van der Waals surface area contributed by atoms with E-state index in [1.807, 2.05) is 26.0 Å². The minimum Gasteiger partial charge on any atom is -0.374 e. The fourth-order valence-corrected chi connectivity index (χ4v) is 2.55. The zero-order chi connectivity index (χ0) is 15.2. The maximum Gasteiger partial charge on any atom is 0.248 e. The molecule has 0 unspecified atom stereocenters. The molecule has 0 aliphatic heterocycles. The lowest BCUT2D eigenvalue weighted by molar-refractivity contribution is -0.117. The number of nitrogens with zero attached hydrogens (tertiary/aromatic N) is 2. The van der Waals surface area contributed by atoms with Gasteiger partial charge in [0.1, 0.15) is 11.0 Å². The number of nitrogens with one attached hydrogen (secondary N) is 2. The second kappa shape index (κ2) is 7.38. The molecule has 2 rings (SSSR count). The summed E-state index contributed by atoms with van der Waals surface area (Å²) in [6.45, 7) is 3.95. The molecule has 0 radical (unpaired) electrons. The van der Waals surface area contributed by atoms with E-state index in [4.69, 9.17) is 11.6 Å². The van der Waals surface area contributed by atoms with Crippen LogP contribution in [-0.2, 0) is 11.2 Å². The van der Waals surface area contributed by atoms with Crippen LogP contribution in [0.15, 0.2) is 24.3 Å². The Hall–Kier alpha value is -1.66. The van der Waals surface area contributed by atoms with Crippen LogP contribution in [0.5, 0.6) is 0 Å². The lowest BCUT2D eigenvalue weighted by Gasteiger charge is -2.17. The van der Waals surface area contributed by atoms with E-state index in [9.17, 15) is 4.79 Å². The van der Waals surface area contributed by atoms with Crippen molar-refractivity contribution in [1.82, 2.24) is 10.2 Å². The second-order valence-corrected chi connectivity index (χ2v) is 5.95. The number of hydrogen-bond acceptors (Lipinski definition) is 5. The highest BCUT2D eigenvalue weighted by atomic mass is 35.5. The van der Waals surface area contributed by atoms with Crippen molar-refractivity contribution in [3.05, 3.63) is 34.3 Å². The minimum absolute atomic E-state index is 0.119. The monoisotopic (exact) mass is 324 g/mol. The lowest BCUT2D eigenvalue weighted by atomic mass is 10.2. The number of rotatable bonds is 6. The van der Waals surface area contributed by atoms with Crippen LogP contribution in [0.25, 0.3) is 0 Å². The first kappa shape index (κ1) is 15.7. The van der Waals surface area contributed by atoms with Gasteiger partial charge in [-0.2, -0.15) is 0 Å². The summed E-state index contributed by atoms with van der Waals surface area (Å²) in [5.41, 5.74) is 0.855. The summed E-state index contributed by atoms with van der Waals surface area (Å²) in [7, 11) is 0. The van der Waals surface area contributed by atoms with E-state index in [1.165, 1.54) is 11.3 Å². The van der Waals surface area contributed by atoms with Crippen molar-refractivity contribution < 1.29 is 4.79 Å². The van der Waals surface area contributed by atoms with Crippen molar-refractivity contribution in [2.75, 3.05) is 10.6 Å². The van der Waals surface area contributed by atoms with Crippen LogP contribution in [0, 0.1) is 0 Å². The fraction of sp³-hybridized carbons (Fsp3) is 0.357. The summed E-state index contributed by atoms with van der Waals surface area (Å²) in [5.74, 6) is -0.119. The van der Waals surface area contributed by atoms with Crippen molar-refractivity contribution in [3.63, 3.8) is 0 Å². The van der Waals surface area contributed by atoms with Crippen LogP contribution in [0.2, 0.25) is 5.02 Å². The van der Waals surface area contributed by atoms with Crippen molar-refractivity contribution in [2.45, 2.75) is 32.7 Å². The maximum atomic E-state index is 12.3. The maximum absolute atomic E-state index is 12.3. The van der Waals surface area contributed by atoms with Gasteiger partial charge in [-0.25, -0.2) is 0 Å². The highest BCUT2D eigenvalue weighted by Crippen LogP contribution is 2.18. The average Bonchev–Trinajstić information content (AvgIpc) is 2.94. The van der Waals surface area contributed by atoms with Crippen LogP contribution >= 0.6 is 22.9 Å². The first-order valence-electron chi connectivity index (χ1n) is 6.77. The standard InChI is InChI=1S/C14H17ClN4OS/c1-3-11(16-10-7-5-9(15)6-8-10)13(20)17-14-19-18-12(4-2)21-14/h5-8,11,16H,3-4H2,1-2H3,(H,17,19,20)/t11-/m1/s1. The van der Waals surface area contributed by atoms with Crippen molar-refractivity contribution in [1.29, 1.82) is 0 Å². The second-order valence-electron chi connectivity index (χ2n) is 4.46. The van der Waals surface area contributed by atoms with E-state index in [0.717, 1.165) is 17.1 Å². The lowest BCUT2D eigenvalue weighted by Crippen LogP contribution is -2.34. The number of halogens is 1. The van der Waals surface area contributed by atoms with Gasteiger partial charge in [0.2, 0.25) is 11.0 Å². The third-order valence-corrected chi connectivity index (χ3v) is 4.14. The largest absolute Gasteiger partial charge is 0.374 e. The molecule has 7 heteroatoms. The molecule has 0 aliphatic carbocycles. The molecule has 0 bridgehead atoms. The van der Waals surface area contributed by atoms with Crippen LogP contribution in [-0.4, -0.2) is 22.1 Å². The van der Waals surface area contributed by atoms with Crippen molar-refractivity contribution >= 4 is 39.7 Å². The molecular formula is C14H17ClN4OS. The molecule has 1 heterocycles. The minimum atomic E-state index is -0.333. The summed E-state index contributed by atoms with van der Waals surface area (Å²) < 4.78 is 0. The number of amides is 1. The van der Waals surface area contributed by atoms with E-state index < -0.39 is 0 Å². The van der Waals surface area contributed by atoms with Gasteiger partial charge in [0.25, 0.3) is 0 Å². The molecule has 0 fully saturated rings. The zero-order valence-corrected chi connectivity index (χ0v) is 13.5. The quantitative estimate of drug-likeness (QED) is 0.852. The third-order valence-electron chi connectivity index (χ3n) is 2.91. The molecule has 0 spiro atoms. The Bertz CT molecular complexity index is 599. The first-order valence-corrected chi connectivity index (χ1v) is 7.97. The fourth-order valence-electron chi connectivity index (χ4n) is 1.74. The predicted octanol–water partition coefficient (Wildman–Crippen LogP) is 3.58. The Morgan fingerprint density at radius 3 is 2.57 bits per heavy atom. The molecule has 112 valence electrons. The van der Waals surface area contributed by atoms with E-state index in [1.54, 1.807) is 12.1 Å². The number of benzene rings is 1. The van der Waals surface area contributed by atoms with Gasteiger partial charge in [-0.15, -0.1) is 10.2 Å². The van der Waals surface area contributed by atoms with Gasteiger partial charge in [-0.3, -0.25) is 10.1 Å². The third kappa shape index (κ3) is 4.41. The van der Waals surface area contributed by atoms with Gasteiger partial charge in [0, 0.05) is 10.7 Å². The molecule has 21 heavy (non-hydrogen) atoms. The van der Waals surface area contributed by atoms with Gasteiger partial charge in [-0.1, -0.05) is 36.8 Å². The molecule has 2 aromatic rings. The molecule has 2 N–H and O–H groups in total. The van der Waals surface area contributed by atoms with Gasteiger partial charge in [0.05, 0.1) is 0 Å². The van der Waals surface area contributed by atoms with E-state index >= 15 is 0 Å². The highest BCUT2D eigenvalue weighted by molar-refractivity contribution is 7.15. The van der Waals surface area contributed by atoms with Gasteiger partial charge < -0.3 is 5.32 Å². The molecule has 0 saturated carbocycles. The van der Waals surface area contributed by atoms with E-state index in [-0.39, 0.29) is 11.9 Å². The van der Waals surface area contributed by atoms with E-state index in [2.05, 4.69) is 20.8 Å². The Morgan fingerprint density at radius 2 is 2.00 bits per heavy atom. The Labute approximate surface area is 132 Å². The summed E-state index contributed by atoms with van der Waals surface area (Å²) in [6.07, 6.45) is 1.47. The first-order chi connectivity index (χ1) is 10.1. The smallest absolute Gasteiger partial charge is 0.248 e. The van der Waals surface area contributed by atoms with Gasteiger partial charge >= 0.3 is 0 Å². The molecule has 1 amide bonds. The van der Waals surface area contributed by atoms with Crippen LogP contribution in [0.1, 0.15) is 25.3 Å². The van der Waals surface area contributed by atoms with E-state index in [0.29, 0.717) is 16.6 Å². The number of anilines is 2. The molecular weight excluding hydrogens is 308 g/mol. The predicted molar refractivity (Wildman–Crippen MR) is 87.1 cm³/mol.